The Morgan fingerprint density at radius 3 is 2.59 bits per heavy atom. The highest BCUT2D eigenvalue weighted by atomic mass is 32.1. The number of amides is 2. The molecule has 1 aliphatic heterocycles. The second-order valence-corrected chi connectivity index (χ2v) is 9.62. The number of nitrogens with zero attached hydrogens (tertiary/aromatic N) is 5. The van der Waals surface area contributed by atoms with Gasteiger partial charge >= 0.3 is 6.03 Å². The zero-order valence-electron chi connectivity index (χ0n) is 21.7. The zero-order valence-corrected chi connectivity index (χ0v) is 22.5. The van der Waals surface area contributed by atoms with Crippen LogP contribution in [-0.4, -0.2) is 48.0 Å². The van der Waals surface area contributed by atoms with Gasteiger partial charge in [-0.1, -0.05) is 6.58 Å². The first-order chi connectivity index (χ1) is 18.9. The van der Waals surface area contributed by atoms with Gasteiger partial charge in [0.05, 0.1) is 26.5 Å². The van der Waals surface area contributed by atoms with E-state index in [9.17, 15) is 9.59 Å². The molecule has 2 amide bonds. The quantitative estimate of drug-likeness (QED) is 0.286. The molecule has 0 unspecified atom stereocenters. The van der Waals surface area contributed by atoms with Crippen LogP contribution >= 0.6 is 11.3 Å². The van der Waals surface area contributed by atoms with Crippen molar-refractivity contribution in [2.45, 2.75) is 13.0 Å². The van der Waals surface area contributed by atoms with Crippen LogP contribution in [0.5, 0.6) is 11.5 Å². The van der Waals surface area contributed by atoms with Gasteiger partial charge in [-0.05, 0) is 29.8 Å². The average Bonchev–Trinajstić information content (AvgIpc) is 3.51. The van der Waals surface area contributed by atoms with Crippen LogP contribution in [0.1, 0.15) is 11.1 Å². The number of benzene rings is 2. The molecule has 5 rings (SSSR count). The van der Waals surface area contributed by atoms with Gasteiger partial charge in [-0.2, -0.15) is 4.98 Å². The minimum Gasteiger partial charge on any atom is -0.497 e. The summed E-state index contributed by atoms with van der Waals surface area (Å²) in [7, 11) is 4.79. The summed E-state index contributed by atoms with van der Waals surface area (Å²) in [4.78, 5) is 42.2. The van der Waals surface area contributed by atoms with Crippen molar-refractivity contribution in [3.8, 4) is 22.1 Å². The van der Waals surface area contributed by atoms with E-state index in [1.807, 2.05) is 23.6 Å². The standard InChI is InChI=1S/C28H26N6O4S/c1-5-21(35)11-18-10-17(26-29-8-9-39-26)6-7-24(18)31-27-30-15-19-16-34(28(36)33(2)25(19)32-27)20-12-22(37-3)14-23(13-20)38-4/h5-10,12-15H,1,11,16H2,2-4H3,(H,30,31,32). The monoisotopic (exact) mass is 542 g/mol. The van der Waals surface area contributed by atoms with Gasteiger partial charge in [0.25, 0.3) is 0 Å². The number of ether oxygens (including phenoxy) is 2. The maximum Gasteiger partial charge on any atom is 0.330 e. The fourth-order valence-corrected chi connectivity index (χ4v) is 4.90. The highest BCUT2D eigenvalue weighted by Crippen LogP contribution is 2.35. The van der Waals surface area contributed by atoms with Crippen LogP contribution in [0.25, 0.3) is 10.6 Å². The molecule has 1 N–H and O–H groups in total. The molecule has 0 saturated carbocycles. The summed E-state index contributed by atoms with van der Waals surface area (Å²) in [6.45, 7) is 3.87. The molecule has 198 valence electrons. The Hall–Kier alpha value is -4.77. The molecule has 39 heavy (non-hydrogen) atoms. The minimum atomic E-state index is -0.257. The van der Waals surface area contributed by atoms with Crippen LogP contribution < -0.4 is 24.6 Å². The Morgan fingerprint density at radius 2 is 1.92 bits per heavy atom. The summed E-state index contributed by atoms with van der Waals surface area (Å²) >= 11 is 1.52. The highest BCUT2D eigenvalue weighted by molar-refractivity contribution is 7.13. The second kappa shape index (κ2) is 10.9. The van der Waals surface area contributed by atoms with Gasteiger partial charge < -0.3 is 14.8 Å². The molecule has 0 fully saturated rings. The molecule has 0 atom stereocenters. The van der Waals surface area contributed by atoms with Crippen LogP contribution in [0.3, 0.4) is 0 Å². The molecule has 11 heteroatoms. The van der Waals surface area contributed by atoms with Crippen molar-refractivity contribution in [1.82, 2.24) is 15.0 Å². The molecule has 0 saturated heterocycles. The van der Waals surface area contributed by atoms with Gasteiger partial charge in [0.15, 0.2) is 5.78 Å². The number of anilines is 4. The Labute approximate surface area is 229 Å². The third-order valence-corrected chi connectivity index (χ3v) is 7.10. The molecular formula is C28H26N6O4S. The van der Waals surface area contributed by atoms with Gasteiger partial charge in [-0.25, -0.2) is 14.8 Å². The number of ketones is 1. The summed E-state index contributed by atoms with van der Waals surface area (Å²) in [5.74, 6) is 1.84. The van der Waals surface area contributed by atoms with Crippen LogP contribution in [0, 0.1) is 0 Å². The Bertz CT molecular complexity index is 1530. The van der Waals surface area contributed by atoms with Crippen LogP contribution in [0.4, 0.5) is 27.9 Å². The Balaban J connectivity index is 1.44. The summed E-state index contributed by atoms with van der Waals surface area (Å²) in [6, 6.07) is 10.8. The fourth-order valence-electron chi connectivity index (χ4n) is 4.26. The van der Waals surface area contributed by atoms with E-state index in [1.54, 1.807) is 56.8 Å². The van der Waals surface area contributed by atoms with E-state index >= 15 is 0 Å². The first-order valence-electron chi connectivity index (χ1n) is 12.0. The van der Waals surface area contributed by atoms with Gasteiger partial charge in [0, 0.05) is 66.3 Å². The van der Waals surface area contributed by atoms with E-state index in [0.29, 0.717) is 34.6 Å². The third kappa shape index (κ3) is 5.30. The number of urea groups is 1. The number of hydrogen-bond acceptors (Lipinski definition) is 9. The molecule has 0 radical (unpaired) electrons. The molecule has 10 nitrogen and oxygen atoms in total. The first kappa shape index (κ1) is 25.9. The smallest absolute Gasteiger partial charge is 0.330 e. The number of thiazole rings is 1. The molecule has 0 spiro atoms. The number of rotatable bonds is 9. The number of allylic oxidation sites excluding steroid dienone is 1. The Kier molecular flexibility index (Phi) is 7.24. The van der Waals surface area contributed by atoms with E-state index in [0.717, 1.165) is 21.7 Å². The molecule has 2 aromatic carbocycles. The number of carbonyl (C=O) groups is 2. The van der Waals surface area contributed by atoms with Crippen molar-refractivity contribution in [3.63, 3.8) is 0 Å². The molecule has 1 aliphatic rings. The van der Waals surface area contributed by atoms with E-state index in [1.165, 1.54) is 22.3 Å². The number of carbonyl (C=O) groups excluding carboxylic acids is 2. The number of aromatic nitrogens is 3. The summed E-state index contributed by atoms with van der Waals surface area (Å²) in [5.41, 5.74) is 3.75. The lowest BCUT2D eigenvalue weighted by atomic mass is 10.0. The summed E-state index contributed by atoms with van der Waals surface area (Å²) < 4.78 is 10.7. The lowest BCUT2D eigenvalue weighted by molar-refractivity contribution is -0.114. The van der Waals surface area contributed by atoms with E-state index in [2.05, 4.69) is 26.8 Å². The predicted octanol–water partition coefficient (Wildman–Crippen LogP) is 5.23. The van der Waals surface area contributed by atoms with Gasteiger partial charge in [0.1, 0.15) is 22.3 Å². The van der Waals surface area contributed by atoms with Crippen LogP contribution in [-0.2, 0) is 17.8 Å². The number of hydrogen-bond donors (Lipinski definition) is 1. The van der Waals surface area contributed by atoms with Crippen molar-refractivity contribution in [1.29, 1.82) is 0 Å². The van der Waals surface area contributed by atoms with Gasteiger partial charge in [0.2, 0.25) is 5.95 Å². The molecule has 0 bridgehead atoms. The van der Waals surface area contributed by atoms with Crippen molar-refractivity contribution < 1.29 is 19.1 Å². The third-order valence-electron chi connectivity index (χ3n) is 6.28. The topological polar surface area (TPSA) is 110 Å². The SMILES string of the molecule is C=CC(=O)Cc1cc(-c2nccs2)ccc1Nc1ncc2c(n1)N(C)C(=O)N(c1cc(OC)cc(OC)c1)C2. The van der Waals surface area contributed by atoms with E-state index in [4.69, 9.17) is 9.47 Å². The lowest BCUT2D eigenvalue weighted by Gasteiger charge is -2.34. The molecular weight excluding hydrogens is 516 g/mol. The van der Waals surface area contributed by atoms with Crippen molar-refractivity contribution in [3.05, 3.63) is 78.0 Å². The first-order valence-corrected chi connectivity index (χ1v) is 12.9. The molecule has 3 heterocycles. The second-order valence-electron chi connectivity index (χ2n) is 8.72. The van der Waals surface area contributed by atoms with Gasteiger partial charge in [-0.15, -0.1) is 11.3 Å². The summed E-state index contributed by atoms with van der Waals surface area (Å²) in [6.07, 6.45) is 4.90. The summed E-state index contributed by atoms with van der Waals surface area (Å²) in [5, 5.41) is 5.98. The van der Waals surface area contributed by atoms with E-state index in [-0.39, 0.29) is 24.8 Å². The zero-order chi connectivity index (χ0) is 27.5. The Morgan fingerprint density at radius 1 is 1.15 bits per heavy atom. The molecule has 0 aliphatic carbocycles. The van der Waals surface area contributed by atoms with Crippen molar-refractivity contribution in [2.24, 2.45) is 0 Å². The lowest BCUT2D eigenvalue weighted by Crippen LogP contribution is -2.46. The molecule has 2 aromatic heterocycles. The largest absolute Gasteiger partial charge is 0.497 e. The van der Waals surface area contributed by atoms with E-state index < -0.39 is 0 Å². The predicted molar refractivity (Wildman–Crippen MR) is 151 cm³/mol. The average molecular weight is 543 g/mol. The van der Waals surface area contributed by atoms with Crippen molar-refractivity contribution in [2.75, 3.05) is 36.4 Å². The number of fused-ring (bicyclic) bond motifs is 1. The number of methoxy groups -OCH3 is 2. The van der Waals surface area contributed by atoms with Gasteiger partial charge in [-0.3, -0.25) is 14.6 Å². The number of nitrogens with one attached hydrogen (secondary N) is 1. The van der Waals surface area contributed by atoms with Crippen molar-refractivity contribution >= 4 is 46.3 Å². The highest BCUT2D eigenvalue weighted by Gasteiger charge is 2.31. The maximum absolute atomic E-state index is 13.4. The van der Waals surface area contributed by atoms with Crippen LogP contribution in [0.15, 0.2) is 66.8 Å². The molecule has 4 aromatic rings. The fraction of sp³-hybridized carbons (Fsp3) is 0.179. The minimum absolute atomic E-state index is 0.111. The normalized spacial score (nSPS) is 12.6. The maximum atomic E-state index is 13.4. The van der Waals surface area contributed by atoms with Crippen LogP contribution in [0.2, 0.25) is 0 Å².